The predicted octanol–water partition coefficient (Wildman–Crippen LogP) is 5.40. The summed E-state index contributed by atoms with van der Waals surface area (Å²) in [5.74, 6) is 1.36. The monoisotopic (exact) mass is 380 g/mol. The van der Waals surface area contributed by atoms with Crippen molar-refractivity contribution in [3.63, 3.8) is 0 Å². The highest BCUT2D eigenvalue weighted by atomic mass is 35.5. The number of aromatic nitrogens is 1. The molecule has 0 radical (unpaired) electrons. The Hall–Kier alpha value is -3.18. The zero-order chi connectivity index (χ0) is 18.8. The predicted molar refractivity (Wildman–Crippen MR) is 106 cm³/mol. The normalized spacial score (nSPS) is 12.1. The van der Waals surface area contributed by atoms with Gasteiger partial charge >= 0.3 is 0 Å². The number of methoxy groups -OCH3 is 1. The van der Waals surface area contributed by atoms with Crippen LogP contribution in [0.2, 0.25) is 5.02 Å². The van der Waals surface area contributed by atoms with Crippen molar-refractivity contribution in [3.05, 3.63) is 83.4 Å². The van der Waals surface area contributed by atoms with E-state index in [0.717, 1.165) is 11.1 Å². The number of nitrogens with one attached hydrogen (secondary N) is 1. The lowest BCUT2D eigenvalue weighted by atomic mass is 10.0. The van der Waals surface area contributed by atoms with Gasteiger partial charge in [-0.2, -0.15) is 0 Å². The summed E-state index contributed by atoms with van der Waals surface area (Å²) in [4.78, 5) is 4.30. The highest BCUT2D eigenvalue weighted by Gasteiger charge is 2.22. The second kappa shape index (κ2) is 7.21. The summed E-state index contributed by atoms with van der Waals surface area (Å²) in [6.07, 6.45) is 3.26. The number of halogens is 1. The van der Waals surface area contributed by atoms with Crippen molar-refractivity contribution in [2.75, 3.05) is 12.4 Å². The van der Waals surface area contributed by atoms with Crippen molar-refractivity contribution in [1.82, 2.24) is 4.98 Å². The summed E-state index contributed by atoms with van der Waals surface area (Å²) in [5.41, 5.74) is 1.96. The first-order valence-electron chi connectivity index (χ1n) is 8.37. The lowest BCUT2D eigenvalue weighted by molar-refractivity contribution is 0.415. The van der Waals surface area contributed by atoms with Crippen LogP contribution in [0.25, 0.3) is 10.9 Å². The minimum Gasteiger partial charge on any atom is -0.505 e. The van der Waals surface area contributed by atoms with Gasteiger partial charge in [0.1, 0.15) is 28.8 Å². The summed E-state index contributed by atoms with van der Waals surface area (Å²) in [6, 6.07) is 16.2. The first-order chi connectivity index (χ1) is 13.2. The molecule has 4 rings (SSSR count). The number of hydrogen-bond acceptors (Lipinski definition) is 5. The van der Waals surface area contributed by atoms with Crippen molar-refractivity contribution in [2.45, 2.75) is 6.04 Å². The third kappa shape index (κ3) is 3.29. The molecule has 6 heteroatoms. The number of fused-ring (bicyclic) bond motifs is 1. The molecule has 0 aliphatic heterocycles. The Kier molecular flexibility index (Phi) is 4.60. The number of ether oxygens (including phenoxy) is 1. The van der Waals surface area contributed by atoms with Gasteiger partial charge in [0.05, 0.1) is 18.4 Å². The summed E-state index contributed by atoms with van der Waals surface area (Å²) < 4.78 is 10.8. The Bertz CT molecular complexity index is 1080. The summed E-state index contributed by atoms with van der Waals surface area (Å²) in [5, 5.41) is 15.6. The second-order valence-electron chi connectivity index (χ2n) is 6.02. The molecule has 1 unspecified atom stereocenters. The van der Waals surface area contributed by atoms with E-state index in [1.807, 2.05) is 36.4 Å². The lowest BCUT2D eigenvalue weighted by Gasteiger charge is -2.20. The molecule has 0 saturated heterocycles. The van der Waals surface area contributed by atoms with E-state index in [2.05, 4.69) is 10.3 Å². The van der Waals surface area contributed by atoms with Crippen LogP contribution in [0.3, 0.4) is 0 Å². The topological polar surface area (TPSA) is 67.5 Å². The van der Waals surface area contributed by atoms with Crippen LogP contribution in [-0.4, -0.2) is 17.2 Å². The van der Waals surface area contributed by atoms with Gasteiger partial charge in [-0.15, -0.1) is 0 Å². The number of aromatic hydroxyl groups is 1. The molecule has 4 aromatic rings. The fourth-order valence-corrected chi connectivity index (χ4v) is 3.32. The van der Waals surface area contributed by atoms with E-state index in [-0.39, 0.29) is 5.75 Å². The van der Waals surface area contributed by atoms with E-state index in [1.165, 1.54) is 0 Å². The van der Waals surface area contributed by atoms with Crippen LogP contribution in [-0.2, 0) is 0 Å². The molecule has 0 amide bonds. The summed E-state index contributed by atoms with van der Waals surface area (Å²) in [6.45, 7) is 0. The first-order valence-corrected chi connectivity index (χ1v) is 8.75. The fraction of sp³-hybridized carbons (Fsp3) is 0.0952. The average molecular weight is 381 g/mol. The number of nitrogens with zero attached hydrogens (tertiary/aromatic N) is 1. The van der Waals surface area contributed by atoms with E-state index in [4.69, 9.17) is 20.8 Å². The van der Waals surface area contributed by atoms with Crippen molar-refractivity contribution in [2.24, 2.45) is 0 Å². The lowest BCUT2D eigenvalue weighted by Crippen LogP contribution is -2.12. The molecular weight excluding hydrogens is 364 g/mol. The van der Waals surface area contributed by atoms with Crippen LogP contribution < -0.4 is 10.1 Å². The van der Waals surface area contributed by atoms with Crippen molar-refractivity contribution < 1.29 is 14.3 Å². The van der Waals surface area contributed by atoms with Crippen LogP contribution in [0.15, 0.2) is 71.5 Å². The van der Waals surface area contributed by atoms with Crippen molar-refractivity contribution in [1.29, 1.82) is 0 Å². The Labute approximate surface area is 161 Å². The maximum atomic E-state index is 10.8. The number of furan rings is 1. The third-order valence-electron chi connectivity index (χ3n) is 4.38. The van der Waals surface area contributed by atoms with Crippen LogP contribution in [0.1, 0.15) is 17.4 Å². The maximum Gasteiger partial charge on any atom is 0.147 e. The molecule has 0 aliphatic rings. The summed E-state index contributed by atoms with van der Waals surface area (Å²) >= 11 is 6.25. The summed E-state index contributed by atoms with van der Waals surface area (Å²) in [7, 11) is 1.57. The third-order valence-corrected chi connectivity index (χ3v) is 4.68. The van der Waals surface area contributed by atoms with E-state index in [0.29, 0.717) is 27.6 Å². The number of phenols is 1. The Morgan fingerprint density at radius 3 is 2.78 bits per heavy atom. The molecule has 0 aliphatic carbocycles. The molecule has 136 valence electrons. The second-order valence-corrected chi connectivity index (χ2v) is 6.43. The average Bonchev–Trinajstić information content (AvgIpc) is 3.22. The van der Waals surface area contributed by atoms with Gasteiger partial charge < -0.3 is 19.6 Å². The van der Waals surface area contributed by atoms with Gasteiger partial charge in [-0.3, -0.25) is 4.98 Å². The molecule has 0 fully saturated rings. The zero-order valence-corrected chi connectivity index (χ0v) is 15.3. The van der Waals surface area contributed by atoms with Crippen molar-refractivity contribution in [3.8, 4) is 11.5 Å². The molecule has 1 atom stereocenters. The van der Waals surface area contributed by atoms with Crippen LogP contribution in [0.4, 0.5) is 5.69 Å². The van der Waals surface area contributed by atoms with Crippen LogP contribution in [0.5, 0.6) is 11.5 Å². The standard InChI is InChI=1S/C21H17ClN2O3/c1-26-17-9-7-14(12-16(17)22)24-20(18-5-3-11-27-18)15-8-6-13-4-2-10-23-19(13)21(15)25/h2-12,20,24-25H,1H3. The largest absolute Gasteiger partial charge is 0.505 e. The first kappa shape index (κ1) is 17.2. The number of pyridine rings is 1. The van der Waals surface area contributed by atoms with Gasteiger partial charge in [0.2, 0.25) is 0 Å². The molecule has 5 nitrogen and oxygen atoms in total. The van der Waals surface area contributed by atoms with Crippen LogP contribution in [0, 0.1) is 0 Å². The number of rotatable bonds is 5. The molecule has 27 heavy (non-hydrogen) atoms. The highest BCUT2D eigenvalue weighted by molar-refractivity contribution is 6.32. The Morgan fingerprint density at radius 1 is 1.15 bits per heavy atom. The molecule has 2 N–H and O–H groups in total. The van der Waals surface area contributed by atoms with Crippen molar-refractivity contribution >= 4 is 28.2 Å². The fourth-order valence-electron chi connectivity index (χ4n) is 3.06. The van der Waals surface area contributed by atoms with Gasteiger partial charge in [0.15, 0.2) is 0 Å². The van der Waals surface area contributed by atoms with Gasteiger partial charge in [-0.1, -0.05) is 29.8 Å². The smallest absolute Gasteiger partial charge is 0.147 e. The molecule has 2 heterocycles. The van der Waals surface area contributed by atoms with E-state index in [9.17, 15) is 5.11 Å². The quantitative estimate of drug-likeness (QED) is 0.485. The molecule has 2 aromatic heterocycles. The van der Waals surface area contributed by atoms with Gasteiger partial charge in [-0.25, -0.2) is 0 Å². The maximum absolute atomic E-state index is 10.8. The van der Waals surface area contributed by atoms with E-state index < -0.39 is 6.04 Å². The minimum absolute atomic E-state index is 0.113. The van der Waals surface area contributed by atoms with Gasteiger partial charge in [-0.05, 0) is 36.4 Å². The molecule has 2 aromatic carbocycles. The van der Waals surface area contributed by atoms with Crippen LogP contribution >= 0.6 is 11.6 Å². The molecule has 0 spiro atoms. The number of phenolic OH excluding ortho intramolecular Hbond substituents is 1. The number of anilines is 1. The van der Waals surface area contributed by atoms with Gasteiger partial charge in [0.25, 0.3) is 0 Å². The SMILES string of the molecule is COc1ccc(NC(c2ccco2)c2ccc3cccnc3c2O)cc1Cl. The minimum atomic E-state index is -0.420. The highest BCUT2D eigenvalue weighted by Crippen LogP contribution is 2.37. The molecule has 0 saturated carbocycles. The zero-order valence-electron chi connectivity index (χ0n) is 14.5. The molecular formula is C21H17ClN2O3. The molecule has 0 bridgehead atoms. The Balaban J connectivity index is 1.79. The van der Waals surface area contributed by atoms with Gasteiger partial charge in [0, 0.05) is 22.8 Å². The Morgan fingerprint density at radius 2 is 2.04 bits per heavy atom. The van der Waals surface area contributed by atoms with E-state index >= 15 is 0 Å². The number of benzene rings is 2. The number of hydrogen-bond donors (Lipinski definition) is 2. The van der Waals surface area contributed by atoms with E-state index in [1.54, 1.807) is 37.8 Å².